The molecule has 2 aliphatic heterocycles. The number of carbonyl (C=O) groups is 3. The first-order valence-corrected chi connectivity index (χ1v) is 15.2. The number of rotatable bonds is 5. The molecule has 0 spiro atoms. The molecular formula is C31H40N8O5. The van der Waals surface area contributed by atoms with Crippen LogP contribution in [-0.2, 0) is 9.47 Å². The van der Waals surface area contributed by atoms with E-state index in [0.29, 0.717) is 55.0 Å². The van der Waals surface area contributed by atoms with Crippen molar-refractivity contribution in [3.8, 4) is 0 Å². The fourth-order valence-electron chi connectivity index (χ4n) is 6.32. The fraction of sp³-hybridized carbons (Fsp3) is 0.548. The lowest BCUT2D eigenvalue weighted by Gasteiger charge is -2.49. The van der Waals surface area contributed by atoms with Gasteiger partial charge in [-0.3, -0.25) is 9.59 Å². The van der Waals surface area contributed by atoms with Crippen molar-refractivity contribution >= 4 is 40.7 Å². The van der Waals surface area contributed by atoms with Crippen LogP contribution in [0.15, 0.2) is 30.6 Å². The van der Waals surface area contributed by atoms with Gasteiger partial charge in [0.1, 0.15) is 22.8 Å². The van der Waals surface area contributed by atoms with Crippen LogP contribution in [0.5, 0.6) is 0 Å². The maximum absolute atomic E-state index is 13.6. The minimum Gasteiger partial charge on any atom is -0.444 e. The number of amides is 3. The molecule has 0 aromatic carbocycles. The van der Waals surface area contributed by atoms with Crippen LogP contribution >= 0.6 is 0 Å². The summed E-state index contributed by atoms with van der Waals surface area (Å²) >= 11 is 0. The van der Waals surface area contributed by atoms with Gasteiger partial charge in [0.2, 0.25) is 5.95 Å². The molecule has 13 nitrogen and oxygen atoms in total. The number of ether oxygens (including phenoxy) is 2. The summed E-state index contributed by atoms with van der Waals surface area (Å²) in [6, 6.07) is 4.98. The zero-order valence-corrected chi connectivity index (χ0v) is 25.9. The molecule has 13 heteroatoms. The second-order valence-corrected chi connectivity index (χ2v) is 13.0. The minimum absolute atomic E-state index is 0.0618. The molecule has 234 valence electrons. The number of aromatic nitrogens is 4. The molecule has 2 saturated heterocycles. The number of nitrogens with zero attached hydrogens (tertiary/aromatic N) is 7. The molecule has 5 heterocycles. The maximum Gasteiger partial charge on any atom is 0.410 e. The lowest BCUT2D eigenvalue weighted by molar-refractivity contribution is -0.0816. The van der Waals surface area contributed by atoms with E-state index in [2.05, 4.69) is 19.9 Å². The first-order chi connectivity index (χ1) is 21.0. The summed E-state index contributed by atoms with van der Waals surface area (Å²) in [6.45, 7) is 6.89. The first-order valence-electron chi connectivity index (χ1n) is 15.2. The number of piperazine rings is 1. The molecule has 6 rings (SSSR count). The van der Waals surface area contributed by atoms with E-state index in [1.165, 1.54) is 6.20 Å². The third kappa shape index (κ3) is 5.92. The number of fused-ring (bicyclic) bond motifs is 3. The zero-order chi connectivity index (χ0) is 31.2. The number of nitrogens with one attached hydrogen (secondary N) is 1. The summed E-state index contributed by atoms with van der Waals surface area (Å²) in [5, 5.41) is 3.96. The van der Waals surface area contributed by atoms with Crippen molar-refractivity contribution in [3.63, 3.8) is 0 Å². The number of pyridine rings is 1. The molecule has 1 saturated carbocycles. The van der Waals surface area contributed by atoms with Crippen molar-refractivity contribution < 1.29 is 23.9 Å². The van der Waals surface area contributed by atoms with Crippen LogP contribution in [0.4, 0.5) is 16.6 Å². The van der Waals surface area contributed by atoms with Crippen molar-refractivity contribution in [1.29, 1.82) is 0 Å². The van der Waals surface area contributed by atoms with E-state index in [4.69, 9.17) is 14.5 Å². The molecule has 3 amide bonds. The molecule has 2 bridgehead atoms. The van der Waals surface area contributed by atoms with Crippen molar-refractivity contribution in [2.45, 2.75) is 70.2 Å². The second kappa shape index (κ2) is 11.7. The molecule has 0 radical (unpaired) electrons. The van der Waals surface area contributed by atoms with E-state index >= 15 is 0 Å². The summed E-state index contributed by atoms with van der Waals surface area (Å²) in [5.74, 6) is 0.627. The summed E-state index contributed by atoms with van der Waals surface area (Å²) in [4.78, 5) is 58.1. The van der Waals surface area contributed by atoms with Crippen LogP contribution in [0, 0.1) is 0 Å². The van der Waals surface area contributed by atoms with Crippen LogP contribution in [0.3, 0.4) is 0 Å². The Balaban J connectivity index is 1.18. The van der Waals surface area contributed by atoms with Gasteiger partial charge < -0.3 is 34.1 Å². The molecule has 3 aliphatic rings. The van der Waals surface area contributed by atoms with Crippen LogP contribution in [0.1, 0.15) is 73.3 Å². The minimum atomic E-state index is -0.595. The van der Waals surface area contributed by atoms with Gasteiger partial charge in [0.25, 0.3) is 11.8 Å². The lowest BCUT2D eigenvalue weighted by atomic mass is 10.0. The maximum atomic E-state index is 13.6. The van der Waals surface area contributed by atoms with E-state index < -0.39 is 5.60 Å². The van der Waals surface area contributed by atoms with Crippen LogP contribution < -0.4 is 5.32 Å². The largest absolute Gasteiger partial charge is 0.444 e. The van der Waals surface area contributed by atoms with Crippen LogP contribution in [0.2, 0.25) is 0 Å². The average molecular weight is 605 g/mol. The number of hydrogen-bond donors (Lipinski definition) is 1. The molecule has 3 aromatic rings. The van der Waals surface area contributed by atoms with Crippen LogP contribution in [0.25, 0.3) is 11.0 Å². The van der Waals surface area contributed by atoms with E-state index in [-0.39, 0.29) is 36.0 Å². The van der Waals surface area contributed by atoms with E-state index in [1.54, 1.807) is 42.2 Å². The molecular weight excluding hydrogens is 564 g/mol. The normalized spacial score (nSPS) is 20.6. The van der Waals surface area contributed by atoms with Crippen molar-refractivity contribution in [3.05, 3.63) is 41.9 Å². The molecule has 44 heavy (non-hydrogen) atoms. The Morgan fingerprint density at radius 3 is 2.32 bits per heavy atom. The van der Waals surface area contributed by atoms with Gasteiger partial charge in [-0.15, -0.1) is 0 Å². The zero-order valence-electron chi connectivity index (χ0n) is 25.9. The Bertz CT molecular complexity index is 1540. The van der Waals surface area contributed by atoms with E-state index in [0.717, 1.165) is 31.1 Å². The first kappa shape index (κ1) is 29.8. The summed E-state index contributed by atoms with van der Waals surface area (Å²) < 4.78 is 13.4. The third-order valence-electron chi connectivity index (χ3n) is 8.30. The SMILES string of the molecule is CN(C)C(=O)c1cc2cnc(Nc3ccc(C(=O)N4[C@@H]5COC[C@H]4CN(C(=O)OC(C)(C)C)C5)cn3)nc2n1C1CCCC1. The summed E-state index contributed by atoms with van der Waals surface area (Å²) in [6.07, 6.45) is 7.14. The predicted octanol–water partition coefficient (Wildman–Crippen LogP) is 3.85. The average Bonchev–Trinajstić information content (AvgIpc) is 3.63. The highest BCUT2D eigenvalue weighted by molar-refractivity contribution is 5.98. The van der Waals surface area contributed by atoms with Crippen LogP contribution in [-0.4, -0.2) is 110 Å². The van der Waals surface area contributed by atoms with Gasteiger partial charge in [0.15, 0.2) is 0 Å². The van der Waals surface area contributed by atoms with Crippen molar-refractivity contribution in [2.24, 2.45) is 0 Å². The second-order valence-electron chi connectivity index (χ2n) is 13.0. The van der Waals surface area contributed by atoms with Gasteiger partial charge >= 0.3 is 6.09 Å². The number of hydrogen-bond acceptors (Lipinski definition) is 9. The van der Waals surface area contributed by atoms with Gasteiger partial charge in [-0.05, 0) is 51.8 Å². The molecule has 1 aliphatic carbocycles. The molecule has 0 unspecified atom stereocenters. The molecule has 1 N–H and O–H groups in total. The van der Waals surface area contributed by atoms with Gasteiger partial charge in [0, 0.05) is 51.0 Å². The number of carbonyl (C=O) groups excluding carboxylic acids is 3. The smallest absolute Gasteiger partial charge is 0.410 e. The number of anilines is 2. The van der Waals surface area contributed by atoms with E-state index in [1.807, 2.05) is 31.7 Å². The topological polar surface area (TPSA) is 135 Å². The van der Waals surface area contributed by atoms with Gasteiger partial charge in [-0.1, -0.05) is 12.8 Å². The monoisotopic (exact) mass is 604 g/mol. The Morgan fingerprint density at radius 2 is 1.70 bits per heavy atom. The molecule has 3 aromatic heterocycles. The Hall–Kier alpha value is -4.26. The number of morpholine rings is 1. The van der Waals surface area contributed by atoms with Gasteiger partial charge in [-0.2, -0.15) is 4.98 Å². The van der Waals surface area contributed by atoms with Gasteiger partial charge in [0.05, 0.1) is 30.9 Å². The molecule has 2 atom stereocenters. The third-order valence-corrected chi connectivity index (χ3v) is 8.30. The van der Waals surface area contributed by atoms with Gasteiger partial charge in [-0.25, -0.2) is 14.8 Å². The summed E-state index contributed by atoms with van der Waals surface area (Å²) in [5.41, 5.74) is 1.18. The Morgan fingerprint density at radius 1 is 1.00 bits per heavy atom. The summed E-state index contributed by atoms with van der Waals surface area (Å²) in [7, 11) is 3.50. The Kier molecular flexibility index (Phi) is 7.91. The molecule has 3 fully saturated rings. The van der Waals surface area contributed by atoms with E-state index in [9.17, 15) is 14.4 Å². The quantitative estimate of drug-likeness (QED) is 0.461. The predicted molar refractivity (Wildman–Crippen MR) is 163 cm³/mol. The van der Waals surface area contributed by atoms with Crippen molar-refractivity contribution in [1.82, 2.24) is 34.2 Å². The highest BCUT2D eigenvalue weighted by atomic mass is 16.6. The highest BCUT2D eigenvalue weighted by Gasteiger charge is 2.43. The standard InChI is InChI=1S/C31H40N8O5/c1-31(2,3)44-30(42)37-15-22-17-43-18-23(16-37)38(22)27(40)19-10-11-25(32-13-19)34-29-33-14-20-12-24(28(41)36(4)5)39(26(20)35-29)21-8-6-7-9-21/h10-14,21-23H,6-9,15-18H2,1-5H3,(H,32,33,34,35)/t22-,23+. The highest BCUT2D eigenvalue weighted by Crippen LogP contribution is 2.35. The van der Waals surface area contributed by atoms with Crippen molar-refractivity contribution in [2.75, 3.05) is 45.7 Å². The Labute approximate surface area is 256 Å². The fourth-order valence-corrected chi connectivity index (χ4v) is 6.32. The lowest BCUT2D eigenvalue weighted by Crippen LogP contribution is -2.67.